The number of piperidine rings is 1. The van der Waals surface area contributed by atoms with Crippen LogP contribution >= 0.6 is 11.3 Å². The van der Waals surface area contributed by atoms with E-state index >= 15 is 0 Å². The number of hydrogen-bond acceptors (Lipinski definition) is 5. The van der Waals surface area contributed by atoms with Crippen molar-refractivity contribution in [3.63, 3.8) is 0 Å². The van der Waals surface area contributed by atoms with Crippen LogP contribution in [-0.4, -0.2) is 45.0 Å². The van der Waals surface area contributed by atoms with Crippen molar-refractivity contribution >= 4 is 27.3 Å². The van der Waals surface area contributed by atoms with E-state index in [0.717, 1.165) is 24.2 Å². The molecule has 0 spiro atoms. The molecule has 2 rings (SSSR count). The third-order valence-corrected chi connectivity index (χ3v) is 6.30. The van der Waals surface area contributed by atoms with Crippen molar-refractivity contribution in [3.8, 4) is 0 Å². The first-order valence-corrected chi connectivity index (χ1v) is 9.29. The molecule has 2 N–H and O–H groups in total. The first-order valence-electron chi connectivity index (χ1n) is 6.86. The van der Waals surface area contributed by atoms with Gasteiger partial charge in [-0.15, -0.1) is 11.3 Å². The molecule has 1 aromatic heterocycles. The molecule has 1 saturated heterocycles. The smallest absolute Gasteiger partial charge is 0.255 e. The standard InChI is InChI=1S/C13H20N2O4S2/c1-3-19-10-4-6-15(7-5-10)12(16)11-8-20-13(9(11)2)21(14,17)18/h8,10H,3-7H2,1-2H3,(H2,14,17,18). The summed E-state index contributed by atoms with van der Waals surface area (Å²) < 4.78 is 28.5. The lowest BCUT2D eigenvalue weighted by molar-refractivity contribution is 0.0146. The third kappa shape index (κ3) is 3.63. The van der Waals surface area contributed by atoms with Crippen molar-refractivity contribution in [2.75, 3.05) is 19.7 Å². The lowest BCUT2D eigenvalue weighted by atomic mass is 10.1. The summed E-state index contributed by atoms with van der Waals surface area (Å²) in [6, 6.07) is 0. The van der Waals surface area contributed by atoms with E-state index in [1.54, 1.807) is 17.2 Å². The molecule has 6 nitrogen and oxygen atoms in total. The Balaban J connectivity index is 2.10. The lowest BCUT2D eigenvalue weighted by Crippen LogP contribution is -2.41. The minimum atomic E-state index is -3.77. The summed E-state index contributed by atoms with van der Waals surface area (Å²) in [4.78, 5) is 14.2. The summed E-state index contributed by atoms with van der Waals surface area (Å²) in [5.41, 5.74) is 0.873. The predicted octanol–water partition coefficient (Wildman–Crippen LogP) is 1.35. The van der Waals surface area contributed by atoms with Crippen molar-refractivity contribution in [1.29, 1.82) is 0 Å². The van der Waals surface area contributed by atoms with Gasteiger partial charge < -0.3 is 9.64 Å². The molecule has 1 aromatic rings. The Labute approximate surface area is 128 Å². The average molecular weight is 332 g/mol. The number of sulfonamides is 1. The fourth-order valence-corrected chi connectivity index (χ4v) is 4.53. The number of rotatable bonds is 4. The van der Waals surface area contributed by atoms with E-state index in [0.29, 0.717) is 30.8 Å². The van der Waals surface area contributed by atoms with Crippen LogP contribution in [0, 0.1) is 6.92 Å². The minimum absolute atomic E-state index is 0.0649. The van der Waals surface area contributed by atoms with E-state index in [-0.39, 0.29) is 16.2 Å². The van der Waals surface area contributed by atoms with Gasteiger partial charge in [0.15, 0.2) is 0 Å². The lowest BCUT2D eigenvalue weighted by Gasteiger charge is -2.31. The predicted molar refractivity (Wildman–Crippen MR) is 81.0 cm³/mol. The van der Waals surface area contributed by atoms with Crippen LogP contribution in [-0.2, 0) is 14.8 Å². The summed E-state index contributed by atoms with van der Waals surface area (Å²) in [6.07, 6.45) is 1.83. The molecule has 0 unspecified atom stereocenters. The van der Waals surface area contributed by atoms with Gasteiger partial charge in [-0.05, 0) is 32.3 Å². The first kappa shape index (κ1) is 16.4. The molecule has 118 valence electrons. The van der Waals surface area contributed by atoms with Crippen LogP contribution in [0.4, 0.5) is 0 Å². The number of likely N-dealkylation sites (tertiary alicyclic amines) is 1. The molecule has 1 fully saturated rings. The molecular weight excluding hydrogens is 312 g/mol. The zero-order valence-corrected chi connectivity index (χ0v) is 13.8. The number of thiophene rings is 1. The van der Waals surface area contributed by atoms with E-state index in [4.69, 9.17) is 9.88 Å². The molecule has 1 aliphatic rings. The van der Waals surface area contributed by atoms with Crippen LogP contribution in [0.15, 0.2) is 9.59 Å². The van der Waals surface area contributed by atoms with Crippen LogP contribution < -0.4 is 5.14 Å². The second kappa shape index (κ2) is 6.43. The second-order valence-corrected chi connectivity index (χ2v) is 7.69. The van der Waals surface area contributed by atoms with Gasteiger partial charge in [0.25, 0.3) is 5.91 Å². The molecular formula is C13H20N2O4S2. The van der Waals surface area contributed by atoms with Crippen molar-refractivity contribution in [2.45, 2.75) is 37.0 Å². The van der Waals surface area contributed by atoms with Gasteiger partial charge in [0.05, 0.1) is 11.7 Å². The maximum absolute atomic E-state index is 12.5. The van der Waals surface area contributed by atoms with Gasteiger partial charge in [-0.3, -0.25) is 4.79 Å². The van der Waals surface area contributed by atoms with E-state index in [1.165, 1.54) is 0 Å². The Hall–Kier alpha value is -0.960. The minimum Gasteiger partial charge on any atom is -0.378 e. The summed E-state index contributed by atoms with van der Waals surface area (Å²) >= 11 is 0.999. The quantitative estimate of drug-likeness (QED) is 0.901. The highest BCUT2D eigenvalue weighted by Crippen LogP contribution is 2.27. The Morgan fingerprint density at radius 3 is 2.57 bits per heavy atom. The Morgan fingerprint density at radius 1 is 1.48 bits per heavy atom. The van der Waals surface area contributed by atoms with Crippen LogP contribution in [0.3, 0.4) is 0 Å². The second-order valence-electron chi connectivity index (χ2n) is 5.05. The van der Waals surface area contributed by atoms with E-state index in [9.17, 15) is 13.2 Å². The van der Waals surface area contributed by atoms with Crippen LogP contribution in [0.25, 0.3) is 0 Å². The Bertz CT molecular complexity index is 616. The monoisotopic (exact) mass is 332 g/mol. The third-order valence-electron chi connectivity index (χ3n) is 3.61. The molecule has 1 aliphatic heterocycles. The van der Waals surface area contributed by atoms with Crippen LogP contribution in [0.1, 0.15) is 35.7 Å². The molecule has 21 heavy (non-hydrogen) atoms. The van der Waals surface area contributed by atoms with Gasteiger partial charge in [-0.25, -0.2) is 13.6 Å². The molecule has 0 radical (unpaired) electrons. The molecule has 8 heteroatoms. The van der Waals surface area contributed by atoms with Gasteiger partial charge in [0.2, 0.25) is 10.0 Å². The number of nitrogens with zero attached hydrogens (tertiary/aromatic N) is 1. The van der Waals surface area contributed by atoms with E-state index < -0.39 is 10.0 Å². The maximum atomic E-state index is 12.5. The molecule has 0 aromatic carbocycles. The molecule has 0 saturated carbocycles. The van der Waals surface area contributed by atoms with Crippen LogP contribution in [0.2, 0.25) is 0 Å². The number of carbonyl (C=O) groups excluding carboxylic acids is 1. The topological polar surface area (TPSA) is 89.7 Å². The number of primary sulfonamides is 1. The maximum Gasteiger partial charge on any atom is 0.255 e. The summed E-state index contributed by atoms with van der Waals surface area (Å²) in [5.74, 6) is -0.131. The van der Waals surface area contributed by atoms with E-state index in [1.807, 2.05) is 6.92 Å². The highest BCUT2D eigenvalue weighted by molar-refractivity contribution is 7.91. The summed E-state index contributed by atoms with van der Waals surface area (Å²) in [5, 5.41) is 6.72. The van der Waals surface area contributed by atoms with Crippen molar-refractivity contribution in [1.82, 2.24) is 4.90 Å². The van der Waals surface area contributed by atoms with Gasteiger partial charge >= 0.3 is 0 Å². The molecule has 1 amide bonds. The zero-order chi connectivity index (χ0) is 15.6. The van der Waals surface area contributed by atoms with Gasteiger partial charge in [0.1, 0.15) is 4.21 Å². The largest absolute Gasteiger partial charge is 0.378 e. The number of nitrogens with two attached hydrogens (primary N) is 1. The molecule has 0 bridgehead atoms. The number of hydrogen-bond donors (Lipinski definition) is 1. The number of amides is 1. The molecule has 2 heterocycles. The highest BCUT2D eigenvalue weighted by Gasteiger charge is 2.27. The van der Waals surface area contributed by atoms with Gasteiger partial charge in [0, 0.05) is 25.1 Å². The summed E-state index contributed by atoms with van der Waals surface area (Å²) in [6.45, 7) is 5.52. The molecule has 0 atom stereocenters. The first-order chi connectivity index (χ1) is 9.84. The average Bonchev–Trinajstić information content (AvgIpc) is 2.81. The summed E-state index contributed by atoms with van der Waals surface area (Å²) in [7, 11) is -3.77. The highest BCUT2D eigenvalue weighted by atomic mass is 32.2. The van der Waals surface area contributed by atoms with Gasteiger partial charge in [-0.1, -0.05) is 0 Å². The fourth-order valence-electron chi connectivity index (χ4n) is 2.52. The van der Waals surface area contributed by atoms with Gasteiger partial charge in [-0.2, -0.15) is 0 Å². The fraction of sp³-hybridized carbons (Fsp3) is 0.615. The Kier molecular flexibility index (Phi) is 5.03. The number of carbonyl (C=O) groups is 1. The van der Waals surface area contributed by atoms with Crippen LogP contribution in [0.5, 0.6) is 0 Å². The van der Waals surface area contributed by atoms with Crippen molar-refractivity contribution in [3.05, 3.63) is 16.5 Å². The Morgan fingerprint density at radius 2 is 2.10 bits per heavy atom. The number of ether oxygens (including phenoxy) is 1. The van der Waals surface area contributed by atoms with Crippen molar-refractivity contribution < 1.29 is 17.9 Å². The van der Waals surface area contributed by atoms with Crippen molar-refractivity contribution in [2.24, 2.45) is 5.14 Å². The zero-order valence-electron chi connectivity index (χ0n) is 12.2. The molecule has 0 aliphatic carbocycles. The normalized spacial score (nSPS) is 17.2. The SMILES string of the molecule is CCOC1CCN(C(=O)c2csc(S(N)(=O)=O)c2C)CC1. The van der Waals surface area contributed by atoms with E-state index in [2.05, 4.69) is 0 Å².